The van der Waals surface area contributed by atoms with Gasteiger partial charge in [0.25, 0.3) is 5.91 Å². The molecular formula is C15H23ClN2O3. The fraction of sp³-hybridized carbons (Fsp3) is 0.533. The summed E-state index contributed by atoms with van der Waals surface area (Å²) < 4.78 is 5.11. The van der Waals surface area contributed by atoms with Gasteiger partial charge in [0, 0.05) is 13.1 Å². The van der Waals surface area contributed by atoms with Crippen LogP contribution < -0.4 is 10.1 Å². The standard InChI is InChI=1S/C15H22N2O3.ClH/c1-17(11-4-3-8-16-9-7-11)15(19)13-10-12(20-2)5-6-14(13)18;/h5-6,10-11,16,18H,3-4,7-9H2,1-2H3;1H. The summed E-state index contributed by atoms with van der Waals surface area (Å²) in [5.41, 5.74) is 0.295. The van der Waals surface area contributed by atoms with Crippen molar-refractivity contribution in [2.45, 2.75) is 25.3 Å². The zero-order chi connectivity index (χ0) is 14.5. The van der Waals surface area contributed by atoms with Crippen LogP contribution in [0.15, 0.2) is 18.2 Å². The number of hydrogen-bond acceptors (Lipinski definition) is 4. The maximum absolute atomic E-state index is 12.5. The minimum atomic E-state index is -0.159. The van der Waals surface area contributed by atoms with E-state index in [4.69, 9.17) is 4.74 Å². The first-order valence-corrected chi connectivity index (χ1v) is 6.98. The van der Waals surface area contributed by atoms with Crippen LogP contribution in [-0.4, -0.2) is 49.2 Å². The highest BCUT2D eigenvalue weighted by molar-refractivity contribution is 5.97. The number of methoxy groups -OCH3 is 1. The number of rotatable bonds is 3. The van der Waals surface area contributed by atoms with Gasteiger partial charge in [0.05, 0.1) is 12.7 Å². The van der Waals surface area contributed by atoms with Crippen LogP contribution in [-0.2, 0) is 0 Å². The monoisotopic (exact) mass is 314 g/mol. The predicted octanol–water partition coefficient (Wildman–Crippen LogP) is 2.04. The lowest BCUT2D eigenvalue weighted by atomic mass is 10.1. The Kier molecular flexibility index (Phi) is 6.78. The predicted molar refractivity (Wildman–Crippen MR) is 84.5 cm³/mol. The molecule has 1 unspecified atom stereocenters. The summed E-state index contributed by atoms with van der Waals surface area (Å²) in [6, 6.07) is 4.93. The number of carbonyl (C=O) groups is 1. The average Bonchev–Trinajstić information content (AvgIpc) is 2.75. The van der Waals surface area contributed by atoms with Crippen molar-refractivity contribution < 1.29 is 14.6 Å². The van der Waals surface area contributed by atoms with Crippen LogP contribution in [0.25, 0.3) is 0 Å². The Morgan fingerprint density at radius 2 is 2.14 bits per heavy atom. The number of aromatic hydroxyl groups is 1. The molecule has 1 fully saturated rings. The largest absolute Gasteiger partial charge is 0.507 e. The molecule has 6 heteroatoms. The van der Waals surface area contributed by atoms with E-state index in [-0.39, 0.29) is 30.1 Å². The van der Waals surface area contributed by atoms with Gasteiger partial charge in [-0.25, -0.2) is 0 Å². The normalized spacial score (nSPS) is 18.3. The average molecular weight is 315 g/mol. The van der Waals surface area contributed by atoms with Crippen LogP contribution in [0.2, 0.25) is 0 Å². The van der Waals surface area contributed by atoms with Crippen LogP contribution in [0.4, 0.5) is 0 Å². The molecule has 0 bridgehead atoms. The van der Waals surface area contributed by atoms with Gasteiger partial charge in [-0.1, -0.05) is 0 Å². The van der Waals surface area contributed by atoms with Gasteiger partial charge in [-0.05, 0) is 50.6 Å². The van der Waals surface area contributed by atoms with Crippen LogP contribution in [0, 0.1) is 0 Å². The molecule has 0 radical (unpaired) electrons. The fourth-order valence-corrected chi connectivity index (χ4v) is 2.56. The van der Waals surface area contributed by atoms with E-state index < -0.39 is 0 Å². The molecule has 0 saturated carbocycles. The molecule has 2 rings (SSSR count). The number of nitrogens with zero attached hydrogens (tertiary/aromatic N) is 1. The Labute approximate surface area is 131 Å². The first-order valence-electron chi connectivity index (χ1n) is 6.98. The topological polar surface area (TPSA) is 61.8 Å². The van der Waals surface area contributed by atoms with E-state index in [1.165, 1.54) is 6.07 Å². The number of halogens is 1. The molecule has 1 heterocycles. The van der Waals surface area contributed by atoms with Crippen molar-refractivity contribution in [1.29, 1.82) is 0 Å². The molecule has 0 spiro atoms. The van der Waals surface area contributed by atoms with E-state index >= 15 is 0 Å². The van der Waals surface area contributed by atoms with Gasteiger partial charge in [0.1, 0.15) is 11.5 Å². The lowest BCUT2D eigenvalue weighted by molar-refractivity contribution is 0.0717. The van der Waals surface area contributed by atoms with Crippen molar-refractivity contribution in [3.05, 3.63) is 23.8 Å². The van der Waals surface area contributed by atoms with Gasteiger partial charge in [-0.15, -0.1) is 12.4 Å². The van der Waals surface area contributed by atoms with E-state index in [9.17, 15) is 9.90 Å². The lowest BCUT2D eigenvalue weighted by Gasteiger charge is -2.27. The first-order chi connectivity index (χ1) is 9.63. The van der Waals surface area contributed by atoms with Crippen molar-refractivity contribution in [2.75, 3.05) is 27.2 Å². The molecule has 1 aromatic rings. The third kappa shape index (κ3) is 4.25. The molecule has 1 amide bonds. The Balaban J connectivity index is 0.00000220. The summed E-state index contributed by atoms with van der Waals surface area (Å²) >= 11 is 0. The summed E-state index contributed by atoms with van der Waals surface area (Å²) in [6.45, 7) is 1.93. The van der Waals surface area contributed by atoms with Crippen molar-refractivity contribution in [2.24, 2.45) is 0 Å². The molecule has 1 atom stereocenters. The Morgan fingerprint density at radius 1 is 1.38 bits per heavy atom. The number of carbonyl (C=O) groups excluding carboxylic acids is 1. The minimum Gasteiger partial charge on any atom is -0.507 e. The van der Waals surface area contributed by atoms with Crippen molar-refractivity contribution in [3.8, 4) is 11.5 Å². The van der Waals surface area contributed by atoms with Gasteiger partial charge < -0.3 is 20.1 Å². The number of hydrogen-bond donors (Lipinski definition) is 2. The summed E-state index contributed by atoms with van der Waals surface area (Å²) in [6.07, 6.45) is 2.99. The molecule has 0 aromatic heterocycles. The van der Waals surface area contributed by atoms with Crippen LogP contribution >= 0.6 is 12.4 Å². The number of benzene rings is 1. The number of nitrogens with one attached hydrogen (secondary N) is 1. The molecule has 118 valence electrons. The molecule has 5 nitrogen and oxygen atoms in total. The molecule has 1 saturated heterocycles. The quantitative estimate of drug-likeness (QED) is 0.896. The number of ether oxygens (including phenoxy) is 1. The van der Waals surface area contributed by atoms with Crippen LogP contribution in [0.3, 0.4) is 0 Å². The van der Waals surface area contributed by atoms with E-state index in [0.29, 0.717) is 11.3 Å². The molecular weight excluding hydrogens is 292 g/mol. The highest BCUT2D eigenvalue weighted by atomic mass is 35.5. The number of amides is 1. The second-order valence-electron chi connectivity index (χ2n) is 5.13. The third-order valence-electron chi connectivity index (χ3n) is 3.85. The lowest BCUT2D eigenvalue weighted by Crippen LogP contribution is -2.37. The van der Waals surface area contributed by atoms with Gasteiger partial charge in [-0.2, -0.15) is 0 Å². The van der Waals surface area contributed by atoms with Crippen molar-refractivity contribution in [3.63, 3.8) is 0 Å². The second kappa shape index (κ2) is 8.10. The molecule has 1 aliphatic heterocycles. The Hall–Kier alpha value is -1.46. The molecule has 1 aliphatic rings. The Bertz CT molecular complexity index is 474. The van der Waals surface area contributed by atoms with Crippen molar-refractivity contribution >= 4 is 18.3 Å². The van der Waals surface area contributed by atoms with Gasteiger partial charge in [-0.3, -0.25) is 4.79 Å². The van der Waals surface area contributed by atoms with Crippen molar-refractivity contribution in [1.82, 2.24) is 10.2 Å². The summed E-state index contributed by atoms with van der Waals surface area (Å²) in [5.74, 6) is 0.407. The van der Waals surface area contributed by atoms with Gasteiger partial charge in [0.2, 0.25) is 0 Å². The first kappa shape index (κ1) is 17.6. The zero-order valence-electron chi connectivity index (χ0n) is 12.5. The summed E-state index contributed by atoms with van der Waals surface area (Å²) in [4.78, 5) is 14.3. The maximum Gasteiger partial charge on any atom is 0.257 e. The molecule has 2 N–H and O–H groups in total. The number of phenols is 1. The van der Waals surface area contributed by atoms with E-state index in [0.717, 1.165) is 32.4 Å². The molecule has 1 aromatic carbocycles. The van der Waals surface area contributed by atoms with Gasteiger partial charge in [0.15, 0.2) is 0 Å². The number of phenolic OH excluding ortho intramolecular Hbond substituents is 1. The van der Waals surface area contributed by atoms with E-state index in [1.807, 2.05) is 0 Å². The third-order valence-corrected chi connectivity index (χ3v) is 3.85. The van der Waals surface area contributed by atoms with Gasteiger partial charge >= 0.3 is 0 Å². The maximum atomic E-state index is 12.5. The van der Waals surface area contributed by atoms with E-state index in [2.05, 4.69) is 5.32 Å². The van der Waals surface area contributed by atoms with Crippen LogP contribution in [0.5, 0.6) is 11.5 Å². The highest BCUT2D eigenvalue weighted by Gasteiger charge is 2.24. The second-order valence-corrected chi connectivity index (χ2v) is 5.13. The summed E-state index contributed by atoms with van der Waals surface area (Å²) in [7, 11) is 3.35. The Morgan fingerprint density at radius 3 is 2.86 bits per heavy atom. The molecule has 21 heavy (non-hydrogen) atoms. The SMILES string of the molecule is COc1ccc(O)c(C(=O)N(C)C2CCCNCC2)c1.Cl. The highest BCUT2D eigenvalue weighted by Crippen LogP contribution is 2.25. The smallest absolute Gasteiger partial charge is 0.257 e. The van der Waals surface area contributed by atoms with E-state index in [1.54, 1.807) is 31.2 Å². The summed E-state index contributed by atoms with van der Waals surface area (Å²) in [5, 5.41) is 13.2. The zero-order valence-corrected chi connectivity index (χ0v) is 13.3. The fourth-order valence-electron chi connectivity index (χ4n) is 2.56. The minimum absolute atomic E-state index is 0. The van der Waals surface area contributed by atoms with Crippen LogP contribution in [0.1, 0.15) is 29.6 Å². The molecule has 0 aliphatic carbocycles.